The molecule has 4 rings (SSSR count). The highest BCUT2D eigenvalue weighted by Gasteiger charge is 2.21. The summed E-state index contributed by atoms with van der Waals surface area (Å²) in [7, 11) is 1.45. The second-order valence-corrected chi connectivity index (χ2v) is 5.99. The molecule has 0 aliphatic heterocycles. The highest BCUT2D eigenvalue weighted by Crippen LogP contribution is 2.30. The molecule has 1 unspecified atom stereocenters. The van der Waals surface area contributed by atoms with Gasteiger partial charge in [-0.15, -0.1) is 0 Å². The predicted molar refractivity (Wildman–Crippen MR) is 96.6 cm³/mol. The average Bonchev–Trinajstić information content (AvgIpc) is 3.29. The van der Waals surface area contributed by atoms with Crippen LogP contribution in [0.1, 0.15) is 23.2 Å². The van der Waals surface area contributed by atoms with Crippen molar-refractivity contribution in [2.45, 2.75) is 13.0 Å². The van der Waals surface area contributed by atoms with Gasteiger partial charge in [0.25, 0.3) is 0 Å². The fraction of sp³-hybridized carbons (Fsp3) is 0.167. The Bertz CT molecular complexity index is 1110. The van der Waals surface area contributed by atoms with Crippen LogP contribution in [0.25, 0.3) is 5.65 Å². The third-order valence-corrected chi connectivity index (χ3v) is 4.08. The number of fused-ring (bicyclic) bond motifs is 1. The number of H-pyrrole nitrogens is 1. The Morgan fingerprint density at radius 2 is 2.11 bits per heavy atom. The van der Waals surface area contributed by atoms with Crippen LogP contribution in [0.2, 0.25) is 0 Å². The first-order valence-corrected chi connectivity index (χ1v) is 8.20. The van der Waals surface area contributed by atoms with Crippen LogP contribution >= 0.6 is 0 Å². The Kier molecular flexibility index (Phi) is 4.21. The van der Waals surface area contributed by atoms with E-state index in [1.807, 2.05) is 19.1 Å². The molecule has 0 amide bonds. The smallest absolute Gasteiger partial charge is 0.216 e. The molecule has 0 spiro atoms. The van der Waals surface area contributed by atoms with Crippen LogP contribution in [-0.2, 0) is 0 Å². The number of aliphatic hydroxyl groups is 1. The first-order valence-electron chi connectivity index (χ1n) is 8.20. The molecule has 1 atom stereocenters. The van der Waals surface area contributed by atoms with Gasteiger partial charge in [-0.25, -0.2) is 9.37 Å². The second-order valence-electron chi connectivity index (χ2n) is 5.99. The van der Waals surface area contributed by atoms with E-state index in [0.29, 0.717) is 23.2 Å². The maximum absolute atomic E-state index is 13.7. The molecule has 3 heterocycles. The Morgan fingerprint density at radius 1 is 1.26 bits per heavy atom. The largest absolute Gasteiger partial charge is 0.496 e. The number of aryl methyl sites for hydroxylation is 1. The van der Waals surface area contributed by atoms with Crippen molar-refractivity contribution in [2.24, 2.45) is 0 Å². The van der Waals surface area contributed by atoms with Gasteiger partial charge in [-0.05, 0) is 37.3 Å². The summed E-state index contributed by atoms with van der Waals surface area (Å²) in [6.45, 7) is 1.88. The van der Waals surface area contributed by atoms with Crippen molar-refractivity contribution in [1.82, 2.24) is 24.6 Å². The average molecular weight is 368 g/mol. The van der Waals surface area contributed by atoms with Crippen LogP contribution in [0.5, 0.6) is 5.75 Å². The third kappa shape index (κ3) is 3.20. The molecule has 3 N–H and O–H groups in total. The lowest BCUT2D eigenvalue weighted by Gasteiger charge is -2.15. The lowest BCUT2D eigenvalue weighted by molar-refractivity contribution is 0.204. The van der Waals surface area contributed by atoms with Crippen LogP contribution in [-0.4, -0.2) is 36.8 Å². The summed E-state index contributed by atoms with van der Waals surface area (Å²) in [6.07, 6.45) is 0.521. The van der Waals surface area contributed by atoms with Gasteiger partial charge in [0.05, 0.1) is 7.11 Å². The van der Waals surface area contributed by atoms with Crippen molar-refractivity contribution in [1.29, 1.82) is 0 Å². The van der Waals surface area contributed by atoms with Crippen molar-refractivity contribution >= 4 is 17.4 Å². The number of hydrogen-bond acceptors (Lipinski definition) is 6. The molecule has 0 bridgehead atoms. The molecule has 1 aromatic carbocycles. The highest BCUT2D eigenvalue weighted by molar-refractivity contribution is 5.54. The number of aliphatic hydroxyl groups excluding tert-OH is 1. The quantitative estimate of drug-likeness (QED) is 0.501. The number of rotatable bonds is 5. The van der Waals surface area contributed by atoms with Crippen molar-refractivity contribution < 1.29 is 14.2 Å². The number of aromatic amines is 1. The Labute approximate surface area is 153 Å². The summed E-state index contributed by atoms with van der Waals surface area (Å²) in [6, 6.07) is 9.34. The van der Waals surface area contributed by atoms with Crippen molar-refractivity contribution in [3.63, 3.8) is 0 Å². The molecule has 9 heteroatoms. The van der Waals surface area contributed by atoms with Gasteiger partial charge in [0, 0.05) is 23.5 Å². The van der Waals surface area contributed by atoms with E-state index in [4.69, 9.17) is 4.74 Å². The van der Waals surface area contributed by atoms with E-state index in [9.17, 15) is 9.50 Å². The van der Waals surface area contributed by atoms with Gasteiger partial charge >= 0.3 is 0 Å². The summed E-state index contributed by atoms with van der Waals surface area (Å²) in [4.78, 5) is 8.80. The van der Waals surface area contributed by atoms with Gasteiger partial charge in [0.1, 0.15) is 23.3 Å². The van der Waals surface area contributed by atoms with E-state index in [2.05, 4.69) is 25.5 Å². The van der Waals surface area contributed by atoms with Gasteiger partial charge in [0.15, 0.2) is 11.6 Å². The minimum atomic E-state index is -1.27. The van der Waals surface area contributed by atoms with Gasteiger partial charge in [-0.2, -0.15) is 10.1 Å². The maximum atomic E-state index is 13.7. The molecular weight excluding hydrogens is 351 g/mol. The zero-order chi connectivity index (χ0) is 19.0. The zero-order valence-electron chi connectivity index (χ0n) is 14.6. The standard InChI is InChI=1S/C18H17FN6O2/c1-10-8-14(24-23-10)20-18-22-17(21-15-4-3-7-25(15)18)16(26)12-9-11(19)5-6-13(12)27-2/h3-9,16,26H,1-2H3,(H2,20,21,22,23,24). The van der Waals surface area contributed by atoms with Crippen molar-refractivity contribution in [2.75, 3.05) is 12.4 Å². The molecule has 138 valence electrons. The zero-order valence-corrected chi connectivity index (χ0v) is 14.6. The van der Waals surface area contributed by atoms with Gasteiger partial charge in [0.2, 0.25) is 5.95 Å². The third-order valence-electron chi connectivity index (χ3n) is 4.08. The van der Waals surface area contributed by atoms with Crippen LogP contribution in [0.15, 0.2) is 42.6 Å². The predicted octanol–water partition coefficient (Wildman–Crippen LogP) is 2.73. The van der Waals surface area contributed by atoms with Gasteiger partial charge in [-0.3, -0.25) is 9.50 Å². The Hall–Kier alpha value is -3.46. The van der Waals surface area contributed by atoms with Crippen LogP contribution in [0.3, 0.4) is 0 Å². The number of nitrogens with zero attached hydrogens (tertiary/aromatic N) is 4. The minimum absolute atomic E-state index is 0.111. The summed E-state index contributed by atoms with van der Waals surface area (Å²) in [5.74, 6) is 0.963. The van der Waals surface area contributed by atoms with Gasteiger partial charge in [-0.1, -0.05) is 0 Å². The lowest BCUT2D eigenvalue weighted by Crippen LogP contribution is -2.12. The van der Waals surface area contributed by atoms with Crippen LogP contribution < -0.4 is 10.1 Å². The monoisotopic (exact) mass is 368 g/mol. The molecule has 4 aromatic rings. The van der Waals surface area contributed by atoms with E-state index >= 15 is 0 Å². The fourth-order valence-electron chi connectivity index (χ4n) is 2.81. The molecule has 0 aliphatic carbocycles. The molecule has 3 aromatic heterocycles. The number of aromatic nitrogens is 5. The topological polar surface area (TPSA) is 100 Å². The number of methoxy groups -OCH3 is 1. The molecule has 0 saturated carbocycles. The molecule has 0 fully saturated rings. The Balaban J connectivity index is 1.79. The summed E-state index contributed by atoms with van der Waals surface area (Å²) < 4.78 is 20.6. The highest BCUT2D eigenvalue weighted by atomic mass is 19.1. The molecule has 0 aliphatic rings. The van der Waals surface area contributed by atoms with Crippen molar-refractivity contribution in [3.8, 4) is 5.75 Å². The number of hydrogen-bond donors (Lipinski definition) is 3. The van der Waals surface area contributed by atoms with E-state index in [1.54, 1.807) is 16.7 Å². The first kappa shape index (κ1) is 17.0. The van der Waals surface area contributed by atoms with E-state index in [1.165, 1.54) is 25.3 Å². The number of benzene rings is 1. The molecule has 0 radical (unpaired) electrons. The molecule has 27 heavy (non-hydrogen) atoms. The number of anilines is 2. The SMILES string of the molecule is COc1ccc(F)cc1C(O)c1nc(Nc2cc(C)[nH]n2)n2cccc2n1. The maximum Gasteiger partial charge on any atom is 0.216 e. The Morgan fingerprint density at radius 3 is 2.85 bits per heavy atom. The number of nitrogens with one attached hydrogen (secondary N) is 2. The minimum Gasteiger partial charge on any atom is -0.496 e. The summed E-state index contributed by atoms with van der Waals surface area (Å²) in [5, 5.41) is 20.9. The summed E-state index contributed by atoms with van der Waals surface area (Å²) >= 11 is 0. The number of ether oxygens (including phenoxy) is 1. The molecule has 0 saturated heterocycles. The normalized spacial score (nSPS) is 12.3. The van der Waals surface area contributed by atoms with Crippen LogP contribution in [0, 0.1) is 12.7 Å². The van der Waals surface area contributed by atoms with E-state index in [0.717, 1.165) is 5.69 Å². The number of halogens is 1. The summed E-state index contributed by atoms with van der Waals surface area (Å²) in [5.41, 5.74) is 1.71. The second kappa shape index (κ2) is 6.69. The molecule has 8 nitrogen and oxygen atoms in total. The van der Waals surface area contributed by atoms with E-state index in [-0.39, 0.29) is 11.4 Å². The van der Waals surface area contributed by atoms with Crippen molar-refractivity contribution in [3.05, 3.63) is 65.5 Å². The first-order chi connectivity index (χ1) is 13.0. The van der Waals surface area contributed by atoms with E-state index < -0.39 is 11.9 Å². The molecular formula is C18H17FN6O2. The lowest BCUT2D eigenvalue weighted by atomic mass is 10.1. The van der Waals surface area contributed by atoms with Gasteiger partial charge < -0.3 is 15.2 Å². The van der Waals surface area contributed by atoms with Crippen LogP contribution in [0.4, 0.5) is 16.2 Å². The fourth-order valence-corrected chi connectivity index (χ4v) is 2.81.